The maximum Gasteiger partial charge on any atom is 0.327 e. The molecule has 1 atom stereocenters. The minimum Gasteiger partial charge on any atom is -0.481 e. The molecule has 0 radical (unpaired) electrons. The van der Waals surface area contributed by atoms with Crippen molar-refractivity contribution in [3.8, 4) is 0 Å². The number of aliphatic carboxylic acids is 2. The molecule has 0 aliphatic carbocycles. The van der Waals surface area contributed by atoms with E-state index in [1.807, 2.05) is 0 Å². The zero-order valence-corrected chi connectivity index (χ0v) is 9.87. The van der Waals surface area contributed by atoms with Crippen LogP contribution in [0.15, 0.2) is 18.2 Å². The lowest BCUT2D eigenvalue weighted by molar-refractivity contribution is -0.148. The Balaban J connectivity index is 2.34. The normalized spacial score (nSPS) is 15.2. The van der Waals surface area contributed by atoms with E-state index in [1.54, 1.807) is 18.2 Å². The van der Waals surface area contributed by atoms with Gasteiger partial charge in [0.15, 0.2) is 0 Å². The quantitative estimate of drug-likeness (QED) is 0.666. The van der Waals surface area contributed by atoms with Crippen LogP contribution in [-0.4, -0.2) is 39.0 Å². The molecule has 0 spiro atoms. The van der Waals surface area contributed by atoms with E-state index in [1.165, 1.54) is 0 Å². The Morgan fingerprint density at radius 2 is 2.05 bits per heavy atom. The molecule has 1 aliphatic rings. The van der Waals surface area contributed by atoms with Crippen LogP contribution >= 0.6 is 0 Å². The molecule has 19 heavy (non-hydrogen) atoms. The Morgan fingerprint density at radius 1 is 1.37 bits per heavy atom. The van der Waals surface area contributed by atoms with Crippen molar-refractivity contribution >= 4 is 23.5 Å². The van der Waals surface area contributed by atoms with Crippen molar-refractivity contribution in [2.24, 2.45) is 0 Å². The third-order valence-corrected chi connectivity index (χ3v) is 3.06. The number of benzene rings is 1. The molecule has 7 nitrogen and oxygen atoms in total. The van der Waals surface area contributed by atoms with Crippen LogP contribution in [0.4, 0.5) is 5.69 Å². The summed E-state index contributed by atoms with van der Waals surface area (Å²) in [4.78, 5) is 34.9. The monoisotopic (exact) mass is 264 g/mol. The molecule has 0 saturated heterocycles. The van der Waals surface area contributed by atoms with Crippen molar-refractivity contribution in [3.05, 3.63) is 29.3 Å². The lowest BCUT2D eigenvalue weighted by atomic mass is 10.1. The molecular formula is C12H12N2O5. The van der Waals surface area contributed by atoms with Gasteiger partial charge in [0.1, 0.15) is 6.04 Å². The predicted octanol–water partition coefficient (Wildman–Crippen LogP) is 0.153. The van der Waals surface area contributed by atoms with Gasteiger partial charge < -0.3 is 20.8 Å². The van der Waals surface area contributed by atoms with Gasteiger partial charge in [-0.2, -0.15) is 0 Å². The van der Waals surface area contributed by atoms with Crippen molar-refractivity contribution in [2.45, 2.75) is 19.0 Å². The van der Waals surface area contributed by atoms with E-state index < -0.39 is 30.3 Å². The second kappa shape index (κ2) is 4.60. The summed E-state index contributed by atoms with van der Waals surface area (Å²) < 4.78 is 0. The summed E-state index contributed by atoms with van der Waals surface area (Å²) in [6, 6.07) is 3.37. The Hall–Kier alpha value is -2.57. The number of carboxylic acids is 2. The molecule has 1 unspecified atom stereocenters. The Labute approximate surface area is 108 Å². The molecule has 1 aromatic carbocycles. The minimum absolute atomic E-state index is 0.0189. The number of hydrogen-bond donors (Lipinski definition) is 3. The first-order chi connectivity index (χ1) is 8.91. The number of carboxylic acid groups (broad SMARTS) is 2. The fourth-order valence-corrected chi connectivity index (χ4v) is 2.13. The average molecular weight is 264 g/mol. The highest BCUT2D eigenvalue weighted by Crippen LogP contribution is 2.29. The molecule has 0 aromatic heterocycles. The van der Waals surface area contributed by atoms with Crippen molar-refractivity contribution in [1.29, 1.82) is 0 Å². The standard InChI is InChI=1S/C12H12N2O5/c13-8-3-1-2-6-7(8)5-14(11(6)17)9(12(18)19)4-10(15)16/h1-3,9H,4-5,13H2,(H,15,16)(H,18,19). The summed E-state index contributed by atoms with van der Waals surface area (Å²) in [6.45, 7) is 0.0189. The molecule has 2 rings (SSSR count). The summed E-state index contributed by atoms with van der Waals surface area (Å²) in [7, 11) is 0. The van der Waals surface area contributed by atoms with Gasteiger partial charge in [0.2, 0.25) is 0 Å². The second-order valence-electron chi connectivity index (χ2n) is 4.26. The van der Waals surface area contributed by atoms with Gasteiger partial charge in [0.05, 0.1) is 6.42 Å². The SMILES string of the molecule is Nc1cccc2c1CN(C(CC(=O)O)C(=O)O)C2=O. The van der Waals surface area contributed by atoms with Crippen molar-refractivity contribution in [2.75, 3.05) is 5.73 Å². The van der Waals surface area contributed by atoms with E-state index >= 15 is 0 Å². The minimum atomic E-state index is -1.39. The number of nitrogen functional groups attached to an aromatic ring is 1. The van der Waals surface area contributed by atoms with Crippen LogP contribution in [0, 0.1) is 0 Å². The third kappa shape index (κ3) is 2.22. The van der Waals surface area contributed by atoms with E-state index in [-0.39, 0.29) is 6.54 Å². The molecule has 100 valence electrons. The van der Waals surface area contributed by atoms with Gasteiger partial charge in [-0.05, 0) is 12.1 Å². The molecule has 0 fully saturated rings. The Kier molecular flexibility index (Phi) is 3.12. The first-order valence-corrected chi connectivity index (χ1v) is 5.54. The van der Waals surface area contributed by atoms with Crippen LogP contribution in [0.1, 0.15) is 22.3 Å². The number of nitrogens with zero attached hydrogens (tertiary/aromatic N) is 1. The number of carbonyl (C=O) groups excluding carboxylic acids is 1. The highest BCUT2D eigenvalue weighted by atomic mass is 16.4. The van der Waals surface area contributed by atoms with Crippen LogP contribution in [-0.2, 0) is 16.1 Å². The molecule has 1 amide bonds. The lowest BCUT2D eigenvalue weighted by Crippen LogP contribution is -2.42. The Morgan fingerprint density at radius 3 is 2.58 bits per heavy atom. The highest BCUT2D eigenvalue weighted by Gasteiger charge is 2.38. The van der Waals surface area contributed by atoms with Crippen LogP contribution in [0.25, 0.3) is 0 Å². The second-order valence-corrected chi connectivity index (χ2v) is 4.26. The zero-order valence-electron chi connectivity index (χ0n) is 9.87. The van der Waals surface area contributed by atoms with Crippen LogP contribution in [0.5, 0.6) is 0 Å². The van der Waals surface area contributed by atoms with E-state index in [0.717, 1.165) is 4.90 Å². The molecule has 0 saturated carbocycles. The number of rotatable bonds is 4. The van der Waals surface area contributed by atoms with Crippen molar-refractivity contribution in [3.63, 3.8) is 0 Å². The van der Waals surface area contributed by atoms with Crippen LogP contribution in [0.3, 0.4) is 0 Å². The zero-order chi connectivity index (χ0) is 14.2. The lowest BCUT2D eigenvalue weighted by Gasteiger charge is -2.22. The number of carbonyl (C=O) groups is 3. The molecule has 7 heteroatoms. The molecule has 1 aromatic rings. The molecule has 1 aliphatic heterocycles. The summed E-state index contributed by atoms with van der Waals surface area (Å²) >= 11 is 0. The number of anilines is 1. The van der Waals surface area contributed by atoms with Gasteiger partial charge in [-0.25, -0.2) is 4.79 Å². The summed E-state index contributed by atoms with van der Waals surface area (Å²) in [5.41, 5.74) is 7.00. The first-order valence-electron chi connectivity index (χ1n) is 5.54. The molecule has 4 N–H and O–H groups in total. The van der Waals surface area contributed by atoms with Crippen LogP contribution < -0.4 is 5.73 Å². The van der Waals surface area contributed by atoms with Gasteiger partial charge in [0.25, 0.3) is 5.91 Å². The fourth-order valence-electron chi connectivity index (χ4n) is 2.13. The number of amides is 1. The number of hydrogen-bond acceptors (Lipinski definition) is 4. The predicted molar refractivity (Wildman–Crippen MR) is 64.4 cm³/mol. The topological polar surface area (TPSA) is 121 Å². The van der Waals surface area contributed by atoms with Gasteiger partial charge in [-0.15, -0.1) is 0 Å². The average Bonchev–Trinajstić information content (AvgIpc) is 2.65. The summed E-state index contributed by atoms with van der Waals surface area (Å²) in [6.07, 6.45) is -0.644. The molecule has 0 bridgehead atoms. The van der Waals surface area contributed by atoms with E-state index in [9.17, 15) is 14.4 Å². The maximum atomic E-state index is 12.1. The summed E-state index contributed by atoms with van der Waals surface area (Å²) in [5.74, 6) is -3.12. The van der Waals surface area contributed by atoms with Gasteiger partial charge in [-0.1, -0.05) is 6.07 Å². The van der Waals surface area contributed by atoms with Crippen LogP contribution in [0.2, 0.25) is 0 Å². The highest BCUT2D eigenvalue weighted by molar-refractivity contribution is 6.02. The molecule has 1 heterocycles. The van der Waals surface area contributed by atoms with E-state index in [4.69, 9.17) is 15.9 Å². The van der Waals surface area contributed by atoms with E-state index in [0.29, 0.717) is 16.8 Å². The van der Waals surface area contributed by atoms with Gasteiger partial charge >= 0.3 is 11.9 Å². The number of fused-ring (bicyclic) bond motifs is 1. The van der Waals surface area contributed by atoms with Gasteiger partial charge in [-0.3, -0.25) is 9.59 Å². The smallest absolute Gasteiger partial charge is 0.327 e. The maximum absolute atomic E-state index is 12.1. The third-order valence-electron chi connectivity index (χ3n) is 3.06. The first kappa shape index (κ1) is 12.9. The van der Waals surface area contributed by atoms with Crippen molar-refractivity contribution in [1.82, 2.24) is 4.90 Å². The van der Waals surface area contributed by atoms with E-state index in [2.05, 4.69) is 0 Å². The number of nitrogens with two attached hydrogens (primary N) is 1. The molecular weight excluding hydrogens is 252 g/mol. The van der Waals surface area contributed by atoms with Crippen molar-refractivity contribution < 1.29 is 24.6 Å². The summed E-state index contributed by atoms with van der Waals surface area (Å²) in [5, 5.41) is 17.8. The van der Waals surface area contributed by atoms with Gasteiger partial charge in [0, 0.05) is 23.4 Å². The largest absolute Gasteiger partial charge is 0.481 e. The fraction of sp³-hybridized carbons (Fsp3) is 0.250. The Bertz CT molecular complexity index is 569.